The summed E-state index contributed by atoms with van der Waals surface area (Å²) in [4.78, 5) is 14.1. The van der Waals surface area contributed by atoms with Crippen molar-refractivity contribution in [2.45, 2.75) is 31.9 Å². The van der Waals surface area contributed by atoms with Gasteiger partial charge in [0.15, 0.2) is 0 Å². The molecule has 0 spiro atoms. The van der Waals surface area contributed by atoms with E-state index in [2.05, 4.69) is 15.9 Å². The molecular formula is C15H22BrClN2O2. The van der Waals surface area contributed by atoms with Crippen molar-refractivity contribution in [2.75, 3.05) is 19.7 Å². The van der Waals surface area contributed by atoms with E-state index in [1.54, 1.807) is 0 Å². The van der Waals surface area contributed by atoms with Crippen LogP contribution in [0.5, 0.6) is 0 Å². The zero-order valence-electron chi connectivity index (χ0n) is 12.1. The third-order valence-corrected chi connectivity index (χ3v) is 4.01. The second kappa shape index (κ2) is 8.73. The number of carbonyl (C=O) groups excluding carboxylic acids is 1. The van der Waals surface area contributed by atoms with Crippen molar-refractivity contribution in [3.05, 3.63) is 34.3 Å². The molecule has 2 atom stereocenters. The Morgan fingerprint density at radius 1 is 1.57 bits per heavy atom. The average molecular weight is 378 g/mol. The smallest absolute Gasteiger partial charge is 0.239 e. The van der Waals surface area contributed by atoms with Gasteiger partial charge in [0, 0.05) is 11.0 Å². The molecule has 118 valence electrons. The first-order valence-electron chi connectivity index (χ1n) is 7.03. The normalized spacial score (nSPS) is 19.8. The van der Waals surface area contributed by atoms with Crippen LogP contribution in [0.15, 0.2) is 28.7 Å². The first-order valence-corrected chi connectivity index (χ1v) is 7.82. The third kappa shape index (κ3) is 4.95. The lowest BCUT2D eigenvalue weighted by atomic mass is 10.1. The van der Waals surface area contributed by atoms with Crippen molar-refractivity contribution in [2.24, 2.45) is 5.73 Å². The zero-order chi connectivity index (χ0) is 14.5. The van der Waals surface area contributed by atoms with E-state index in [9.17, 15) is 4.79 Å². The fraction of sp³-hybridized carbons (Fsp3) is 0.533. The molecule has 1 aromatic carbocycles. The van der Waals surface area contributed by atoms with Crippen LogP contribution in [0.2, 0.25) is 0 Å². The lowest BCUT2D eigenvalue weighted by molar-refractivity contribution is -0.140. The Labute approximate surface area is 140 Å². The molecule has 2 N–H and O–H groups in total. The number of hydrogen-bond donors (Lipinski definition) is 1. The van der Waals surface area contributed by atoms with Crippen molar-refractivity contribution in [3.63, 3.8) is 0 Å². The molecule has 0 aliphatic carbocycles. The molecule has 1 aliphatic rings. The molecule has 0 radical (unpaired) electrons. The number of nitrogens with two attached hydrogens (primary N) is 1. The summed E-state index contributed by atoms with van der Waals surface area (Å²) in [5.74, 6) is 0.0372. The molecular weight excluding hydrogens is 356 g/mol. The molecule has 0 saturated carbocycles. The van der Waals surface area contributed by atoms with Crippen LogP contribution in [-0.2, 0) is 9.53 Å². The fourth-order valence-corrected chi connectivity index (χ4v) is 2.84. The van der Waals surface area contributed by atoms with E-state index >= 15 is 0 Å². The molecule has 21 heavy (non-hydrogen) atoms. The minimum absolute atomic E-state index is 0. The molecule has 2 rings (SSSR count). The summed E-state index contributed by atoms with van der Waals surface area (Å²) in [6.45, 7) is 3.80. The van der Waals surface area contributed by atoms with Crippen LogP contribution in [0.1, 0.15) is 31.4 Å². The van der Waals surface area contributed by atoms with E-state index in [0.717, 1.165) is 22.9 Å². The van der Waals surface area contributed by atoms with E-state index in [0.29, 0.717) is 19.7 Å². The summed E-state index contributed by atoms with van der Waals surface area (Å²) in [5.41, 5.74) is 7.01. The van der Waals surface area contributed by atoms with Gasteiger partial charge < -0.3 is 15.4 Å². The molecule has 4 nitrogen and oxygen atoms in total. The van der Waals surface area contributed by atoms with Crippen LogP contribution in [0, 0.1) is 0 Å². The van der Waals surface area contributed by atoms with Gasteiger partial charge in [0.1, 0.15) is 6.10 Å². The van der Waals surface area contributed by atoms with Crippen LogP contribution in [0.3, 0.4) is 0 Å². The maximum atomic E-state index is 12.3. The van der Waals surface area contributed by atoms with Crippen LogP contribution in [-0.4, -0.2) is 36.5 Å². The molecule has 0 bridgehead atoms. The van der Waals surface area contributed by atoms with Gasteiger partial charge in [-0.05, 0) is 24.1 Å². The maximum absolute atomic E-state index is 12.3. The minimum Gasteiger partial charge on any atom is -0.370 e. The lowest BCUT2D eigenvalue weighted by Crippen LogP contribution is -2.49. The van der Waals surface area contributed by atoms with Gasteiger partial charge in [-0.3, -0.25) is 4.79 Å². The molecule has 2 unspecified atom stereocenters. The number of benzene rings is 1. The third-order valence-electron chi connectivity index (χ3n) is 3.52. The van der Waals surface area contributed by atoms with E-state index in [4.69, 9.17) is 10.5 Å². The Kier molecular flexibility index (Phi) is 7.66. The molecule has 6 heteroatoms. The van der Waals surface area contributed by atoms with Crippen LogP contribution < -0.4 is 5.73 Å². The Bertz CT molecular complexity index is 473. The van der Waals surface area contributed by atoms with Crippen molar-refractivity contribution >= 4 is 34.2 Å². The van der Waals surface area contributed by atoms with E-state index < -0.39 is 0 Å². The highest BCUT2D eigenvalue weighted by molar-refractivity contribution is 9.10. The molecule has 1 heterocycles. The molecule has 1 amide bonds. The fourth-order valence-electron chi connectivity index (χ4n) is 2.43. The van der Waals surface area contributed by atoms with Crippen LogP contribution >= 0.6 is 28.3 Å². The van der Waals surface area contributed by atoms with E-state index in [1.807, 2.05) is 36.1 Å². The Balaban J connectivity index is 0.00000220. The highest BCUT2D eigenvalue weighted by Crippen LogP contribution is 2.25. The van der Waals surface area contributed by atoms with Gasteiger partial charge in [-0.25, -0.2) is 0 Å². The summed E-state index contributed by atoms with van der Waals surface area (Å²) in [6.07, 6.45) is 1.59. The number of halogens is 2. The summed E-state index contributed by atoms with van der Waals surface area (Å²) in [6, 6.07) is 7.62. The topological polar surface area (TPSA) is 55.6 Å². The second-order valence-electron chi connectivity index (χ2n) is 5.09. The molecule has 0 aromatic heterocycles. The Morgan fingerprint density at radius 3 is 3.00 bits per heavy atom. The second-order valence-corrected chi connectivity index (χ2v) is 6.01. The summed E-state index contributed by atoms with van der Waals surface area (Å²) >= 11 is 3.46. The summed E-state index contributed by atoms with van der Waals surface area (Å²) < 4.78 is 6.80. The van der Waals surface area contributed by atoms with Gasteiger partial charge in [-0.2, -0.15) is 0 Å². The minimum atomic E-state index is -0.388. The number of ether oxygens (including phenoxy) is 1. The molecule has 1 aromatic rings. The largest absolute Gasteiger partial charge is 0.370 e. The molecule has 1 aliphatic heterocycles. The first-order chi connectivity index (χ1) is 9.61. The van der Waals surface area contributed by atoms with Gasteiger partial charge in [-0.15, -0.1) is 12.4 Å². The van der Waals surface area contributed by atoms with Crippen molar-refractivity contribution in [1.82, 2.24) is 4.90 Å². The maximum Gasteiger partial charge on any atom is 0.239 e. The number of amides is 1. The molecule has 1 saturated heterocycles. The highest BCUT2D eigenvalue weighted by Gasteiger charge is 2.28. The van der Waals surface area contributed by atoms with E-state index in [1.165, 1.54) is 0 Å². The summed E-state index contributed by atoms with van der Waals surface area (Å²) in [5, 5.41) is 0. The number of carbonyl (C=O) groups is 1. The Morgan fingerprint density at radius 2 is 2.33 bits per heavy atom. The van der Waals surface area contributed by atoms with Gasteiger partial charge in [-0.1, -0.05) is 41.4 Å². The predicted octanol–water partition coefficient (Wildman–Crippen LogP) is 2.90. The Hall–Kier alpha value is -0.620. The SMILES string of the molecule is CCCC(N)C(=O)N1CCOC(c2cccc(Br)c2)C1.Cl. The number of hydrogen-bond acceptors (Lipinski definition) is 3. The quantitative estimate of drug-likeness (QED) is 0.878. The standard InChI is InChI=1S/C15H21BrN2O2.ClH/c1-2-4-13(17)15(19)18-7-8-20-14(10-18)11-5-3-6-12(16)9-11;/h3,5-6,9,13-14H,2,4,7-8,10,17H2,1H3;1H. The van der Waals surface area contributed by atoms with Gasteiger partial charge in [0.05, 0.1) is 19.2 Å². The predicted molar refractivity (Wildman–Crippen MR) is 89.5 cm³/mol. The van der Waals surface area contributed by atoms with Crippen molar-refractivity contribution < 1.29 is 9.53 Å². The molecule has 1 fully saturated rings. The van der Waals surface area contributed by atoms with E-state index in [-0.39, 0.29) is 30.5 Å². The summed E-state index contributed by atoms with van der Waals surface area (Å²) in [7, 11) is 0. The lowest BCUT2D eigenvalue weighted by Gasteiger charge is -2.34. The number of nitrogens with zero attached hydrogens (tertiary/aromatic N) is 1. The van der Waals surface area contributed by atoms with Crippen molar-refractivity contribution in [3.8, 4) is 0 Å². The van der Waals surface area contributed by atoms with Gasteiger partial charge >= 0.3 is 0 Å². The van der Waals surface area contributed by atoms with Crippen molar-refractivity contribution in [1.29, 1.82) is 0 Å². The number of rotatable bonds is 4. The van der Waals surface area contributed by atoms with Crippen LogP contribution in [0.25, 0.3) is 0 Å². The zero-order valence-corrected chi connectivity index (χ0v) is 14.5. The van der Waals surface area contributed by atoms with Gasteiger partial charge in [0.25, 0.3) is 0 Å². The monoisotopic (exact) mass is 376 g/mol. The average Bonchev–Trinajstić information content (AvgIpc) is 2.47. The highest BCUT2D eigenvalue weighted by atomic mass is 79.9. The number of morpholine rings is 1. The first kappa shape index (κ1) is 18.4. The van der Waals surface area contributed by atoms with Crippen LogP contribution in [0.4, 0.5) is 0 Å². The van der Waals surface area contributed by atoms with Gasteiger partial charge in [0.2, 0.25) is 5.91 Å².